The van der Waals surface area contributed by atoms with E-state index < -0.39 is 13.0 Å². The average Bonchev–Trinajstić information content (AvgIpc) is 2.96. The first-order chi connectivity index (χ1) is 17.9. The predicted octanol–water partition coefficient (Wildman–Crippen LogP) is 8.55. The molecule has 37 heavy (non-hydrogen) atoms. The molecule has 0 saturated heterocycles. The molecular formula is C31H23Cl4OP. The number of hydrogen-bond donors (Lipinski definition) is 0. The Bertz CT molecular complexity index is 1310. The van der Waals surface area contributed by atoms with E-state index in [4.69, 9.17) is 46.4 Å². The first kappa shape index (κ1) is 27.5. The normalized spacial score (nSPS) is 10.9. The highest BCUT2D eigenvalue weighted by Crippen LogP contribution is 2.58. The summed E-state index contributed by atoms with van der Waals surface area (Å²) in [6, 6.07) is 45.4. The van der Waals surface area contributed by atoms with Crippen molar-refractivity contribution in [2.24, 2.45) is 0 Å². The lowest BCUT2D eigenvalue weighted by Gasteiger charge is -2.27. The third kappa shape index (κ3) is 6.32. The van der Waals surface area contributed by atoms with E-state index in [0.717, 1.165) is 6.16 Å². The third-order valence-electron chi connectivity index (χ3n) is 5.92. The molecule has 0 heterocycles. The molecule has 0 N–H and O–H groups in total. The van der Waals surface area contributed by atoms with Crippen molar-refractivity contribution in [2.45, 2.75) is 6.16 Å². The van der Waals surface area contributed by atoms with Crippen LogP contribution in [0.25, 0.3) is 0 Å². The van der Waals surface area contributed by atoms with Crippen LogP contribution in [-0.2, 0) is 6.16 Å². The van der Waals surface area contributed by atoms with Crippen molar-refractivity contribution in [1.82, 2.24) is 0 Å². The van der Waals surface area contributed by atoms with Crippen molar-refractivity contribution in [3.8, 4) is 5.75 Å². The van der Waals surface area contributed by atoms with Crippen LogP contribution in [0.2, 0.25) is 20.1 Å². The fraction of sp³-hybridized carbons (Fsp3) is 0.0323. The van der Waals surface area contributed by atoms with Crippen molar-refractivity contribution in [1.29, 1.82) is 0 Å². The molecule has 5 rings (SSSR count). The van der Waals surface area contributed by atoms with Crippen LogP contribution in [0.3, 0.4) is 0 Å². The summed E-state index contributed by atoms with van der Waals surface area (Å²) >= 11 is 22.0. The van der Waals surface area contributed by atoms with Gasteiger partial charge in [-0.2, -0.15) is 0 Å². The second-order valence-corrected chi connectivity index (χ2v) is 13.3. The number of rotatable bonds is 5. The van der Waals surface area contributed by atoms with E-state index in [1.807, 2.05) is 0 Å². The van der Waals surface area contributed by atoms with E-state index in [1.165, 1.54) is 27.5 Å². The second kappa shape index (κ2) is 12.8. The van der Waals surface area contributed by atoms with Gasteiger partial charge in [-0.3, -0.25) is 0 Å². The minimum absolute atomic E-state index is 0.0962. The lowest BCUT2D eigenvalue weighted by molar-refractivity contribution is -0.267. The van der Waals surface area contributed by atoms with Gasteiger partial charge < -0.3 is 5.11 Å². The largest absolute Gasteiger partial charge is 0.870 e. The van der Waals surface area contributed by atoms with Crippen LogP contribution in [0.5, 0.6) is 5.75 Å². The van der Waals surface area contributed by atoms with Gasteiger partial charge in [-0.15, -0.1) is 0 Å². The molecule has 0 amide bonds. The smallest absolute Gasteiger partial charge is 0.116 e. The van der Waals surface area contributed by atoms with Gasteiger partial charge in [-0.1, -0.05) is 137 Å². The summed E-state index contributed by atoms with van der Waals surface area (Å²) in [4.78, 5) is 0. The highest BCUT2D eigenvalue weighted by Gasteiger charge is 2.45. The van der Waals surface area contributed by atoms with Gasteiger partial charge in [0.25, 0.3) is 0 Å². The monoisotopic (exact) mass is 582 g/mol. The Kier molecular flexibility index (Phi) is 9.54. The summed E-state index contributed by atoms with van der Waals surface area (Å²) in [6.45, 7) is 0. The number of halogens is 4. The maximum absolute atomic E-state index is 11.0. The summed E-state index contributed by atoms with van der Waals surface area (Å²) < 4.78 is 0. The molecule has 0 bridgehead atoms. The van der Waals surface area contributed by atoms with E-state index in [9.17, 15) is 5.11 Å². The Morgan fingerprint density at radius 1 is 0.486 bits per heavy atom. The highest BCUT2D eigenvalue weighted by molar-refractivity contribution is 7.95. The molecule has 0 spiro atoms. The Morgan fingerprint density at radius 3 is 1.16 bits per heavy atom. The van der Waals surface area contributed by atoms with Gasteiger partial charge in [-0.05, 0) is 48.0 Å². The molecule has 0 radical (unpaired) electrons. The maximum Gasteiger partial charge on any atom is 0.116 e. The van der Waals surface area contributed by atoms with E-state index in [-0.39, 0.29) is 20.1 Å². The zero-order valence-electron chi connectivity index (χ0n) is 19.7. The summed E-state index contributed by atoms with van der Waals surface area (Å²) in [5, 5.41) is 15.3. The van der Waals surface area contributed by atoms with Crippen molar-refractivity contribution in [2.75, 3.05) is 0 Å². The minimum Gasteiger partial charge on any atom is -0.870 e. The molecule has 5 aromatic rings. The van der Waals surface area contributed by atoms with E-state index in [0.29, 0.717) is 0 Å². The molecule has 0 aliphatic carbocycles. The van der Waals surface area contributed by atoms with Crippen LogP contribution in [0.1, 0.15) is 5.56 Å². The van der Waals surface area contributed by atoms with Crippen molar-refractivity contribution in [3.63, 3.8) is 0 Å². The summed E-state index contributed by atoms with van der Waals surface area (Å²) in [5.41, 5.74) is 1.39. The molecule has 0 aromatic heterocycles. The van der Waals surface area contributed by atoms with Gasteiger partial charge in [-0.25, -0.2) is 0 Å². The van der Waals surface area contributed by atoms with Crippen molar-refractivity contribution >= 4 is 69.6 Å². The van der Waals surface area contributed by atoms with Crippen LogP contribution in [0.15, 0.2) is 127 Å². The van der Waals surface area contributed by atoms with Crippen molar-refractivity contribution < 1.29 is 5.11 Å². The third-order valence-corrected chi connectivity index (χ3v) is 11.8. The van der Waals surface area contributed by atoms with Gasteiger partial charge >= 0.3 is 0 Å². The first-order valence-electron chi connectivity index (χ1n) is 11.5. The van der Waals surface area contributed by atoms with E-state index >= 15 is 0 Å². The summed E-state index contributed by atoms with van der Waals surface area (Å²) in [7, 11) is -1.78. The molecule has 0 fully saturated rings. The van der Waals surface area contributed by atoms with Gasteiger partial charge in [0.2, 0.25) is 0 Å². The fourth-order valence-corrected chi connectivity index (χ4v) is 9.21. The van der Waals surface area contributed by atoms with Gasteiger partial charge in [0, 0.05) is 0 Å². The average molecular weight is 584 g/mol. The molecule has 0 unspecified atom stereocenters. The number of hydrogen-bond acceptors (Lipinski definition) is 1. The van der Waals surface area contributed by atoms with Gasteiger partial charge in [0.15, 0.2) is 0 Å². The fourth-order valence-electron chi connectivity index (χ4n) is 4.18. The molecule has 186 valence electrons. The Morgan fingerprint density at radius 2 is 0.811 bits per heavy atom. The van der Waals surface area contributed by atoms with Crippen LogP contribution in [0, 0.1) is 0 Å². The zero-order valence-corrected chi connectivity index (χ0v) is 23.6. The first-order valence-corrected chi connectivity index (χ1v) is 15.0. The Balaban J connectivity index is 0.000000245. The lowest BCUT2D eigenvalue weighted by Crippen LogP contribution is -2.32. The van der Waals surface area contributed by atoms with Gasteiger partial charge in [0.05, 0.1) is 26.3 Å². The second-order valence-electron chi connectivity index (χ2n) is 8.26. The SMILES string of the molecule is [O-]c1c(Cl)c(Cl)cc(Cl)c1Cl.c1ccc(C[P+](c2ccccc2)(c2ccccc2)c2ccccc2)cc1. The van der Waals surface area contributed by atoms with Gasteiger partial charge in [0.1, 0.15) is 23.2 Å². The lowest BCUT2D eigenvalue weighted by atomic mass is 10.2. The Hall–Kier alpha value is -2.51. The van der Waals surface area contributed by atoms with Crippen LogP contribution in [-0.4, -0.2) is 0 Å². The Labute approximate surface area is 238 Å². The number of benzene rings is 5. The highest BCUT2D eigenvalue weighted by atomic mass is 35.5. The van der Waals surface area contributed by atoms with E-state index in [1.54, 1.807) is 0 Å². The quantitative estimate of drug-likeness (QED) is 0.150. The standard InChI is InChI=1S/C25H22P.C6H2Cl4O/c1-5-13-22(14-6-1)21-26(23-15-7-2-8-16-23,24-17-9-3-10-18-24)25-19-11-4-12-20-25;7-2-1-3(8)5(10)6(11)4(2)9/h1-20H,21H2;1,11H/q+1;/p-1. The van der Waals surface area contributed by atoms with Crippen LogP contribution >= 0.6 is 53.7 Å². The zero-order chi connectivity index (χ0) is 26.3. The molecule has 0 atom stereocenters. The summed E-state index contributed by atoms with van der Waals surface area (Å²) in [6.07, 6.45) is 1.03. The van der Waals surface area contributed by atoms with Crippen molar-refractivity contribution in [3.05, 3.63) is 153 Å². The molecule has 1 nitrogen and oxygen atoms in total. The predicted molar refractivity (Wildman–Crippen MR) is 161 cm³/mol. The van der Waals surface area contributed by atoms with E-state index in [2.05, 4.69) is 121 Å². The molecule has 0 saturated carbocycles. The molecular weight excluding hydrogens is 561 g/mol. The summed E-state index contributed by atoms with van der Waals surface area (Å²) in [5.74, 6) is -0.536. The topological polar surface area (TPSA) is 23.1 Å². The molecule has 6 heteroatoms. The minimum atomic E-state index is -1.78. The molecule has 0 aliphatic rings. The van der Waals surface area contributed by atoms with Crippen LogP contribution < -0.4 is 21.0 Å². The maximum atomic E-state index is 11.0. The van der Waals surface area contributed by atoms with Crippen LogP contribution in [0.4, 0.5) is 0 Å². The molecule has 5 aromatic carbocycles. The molecule has 0 aliphatic heterocycles.